The Kier molecular flexibility index (Phi) is 4.01. The molecule has 0 saturated heterocycles. The van der Waals surface area contributed by atoms with Gasteiger partial charge < -0.3 is 14.8 Å². The van der Waals surface area contributed by atoms with E-state index in [1.165, 1.54) is 0 Å². The van der Waals surface area contributed by atoms with Crippen molar-refractivity contribution in [1.82, 2.24) is 9.97 Å². The second-order valence-corrected chi connectivity index (χ2v) is 6.20. The van der Waals surface area contributed by atoms with Crippen molar-refractivity contribution in [3.8, 4) is 5.75 Å². The molecule has 0 amide bonds. The van der Waals surface area contributed by atoms with Crippen molar-refractivity contribution in [1.29, 1.82) is 0 Å². The summed E-state index contributed by atoms with van der Waals surface area (Å²) in [6, 6.07) is 11.0. The third kappa shape index (κ3) is 2.52. The molecular formula is C19H20N2O3. The number of rotatable bonds is 5. The van der Waals surface area contributed by atoms with Gasteiger partial charge in [0, 0.05) is 18.0 Å². The molecule has 124 valence electrons. The van der Waals surface area contributed by atoms with Gasteiger partial charge in [-0.1, -0.05) is 30.3 Å². The Labute approximate surface area is 140 Å². The fourth-order valence-corrected chi connectivity index (χ4v) is 2.94. The maximum atomic E-state index is 12.2. The molecule has 0 radical (unpaired) electrons. The van der Waals surface area contributed by atoms with Gasteiger partial charge in [-0.05, 0) is 32.4 Å². The third-order valence-corrected chi connectivity index (χ3v) is 4.22. The monoisotopic (exact) mass is 324 g/mol. The maximum Gasteiger partial charge on any atom is 0.318 e. The molecular weight excluding hydrogens is 304 g/mol. The zero-order valence-electron chi connectivity index (χ0n) is 13.9. The Balaban J connectivity index is 2.29. The van der Waals surface area contributed by atoms with Crippen molar-refractivity contribution in [2.75, 3.05) is 0 Å². The zero-order chi connectivity index (χ0) is 17.3. The van der Waals surface area contributed by atoms with Crippen LogP contribution in [-0.4, -0.2) is 27.1 Å². The summed E-state index contributed by atoms with van der Waals surface area (Å²) in [7, 11) is 0. The molecule has 0 fully saturated rings. The number of carboxylic acids is 1. The van der Waals surface area contributed by atoms with Crippen molar-refractivity contribution in [3.05, 3.63) is 59.9 Å². The highest BCUT2D eigenvalue weighted by molar-refractivity contribution is 5.96. The van der Waals surface area contributed by atoms with Crippen LogP contribution in [0, 0.1) is 0 Å². The minimum Gasteiger partial charge on any atom is -0.490 e. The van der Waals surface area contributed by atoms with E-state index in [1.54, 1.807) is 25.4 Å². The molecule has 5 heteroatoms. The lowest BCUT2D eigenvalue weighted by molar-refractivity contribution is -0.141. The second-order valence-electron chi connectivity index (χ2n) is 6.20. The summed E-state index contributed by atoms with van der Waals surface area (Å²) in [4.78, 5) is 19.6. The standard InChI is InChI=1S/C19H20N2O3/c1-12(2)24-15-9-10-20-17-16(15)14(11-21-17)19(3,18(22)23)13-7-5-4-6-8-13/h4-12H,1-3H3,(H,20,21)(H,22,23). The minimum atomic E-state index is -1.21. The van der Waals surface area contributed by atoms with E-state index in [2.05, 4.69) is 9.97 Å². The predicted octanol–water partition coefficient (Wildman–Crippen LogP) is 3.74. The number of aliphatic carboxylic acids is 1. The molecule has 0 aliphatic rings. The van der Waals surface area contributed by atoms with Crippen LogP contribution in [0.15, 0.2) is 48.8 Å². The van der Waals surface area contributed by atoms with Crippen LogP contribution in [0.1, 0.15) is 31.9 Å². The smallest absolute Gasteiger partial charge is 0.318 e. The van der Waals surface area contributed by atoms with Crippen molar-refractivity contribution >= 4 is 17.0 Å². The number of pyridine rings is 1. The summed E-state index contributed by atoms with van der Waals surface area (Å²) in [6.07, 6.45) is 3.35. The molecule has 2 aromatic heterocycles. The molecule has 0 spiro atoms. The van der Waals surface area contributed by atoms with E-state index in [0.29, 0.717) is 27.9 Å². The summed E-state index contributed by atoms with van der Waals surface area (Å²) in [5, 5.41) is 10.7. The van der Waals surface area contributed by atoms with E-state index >= 15 is 0 Å². The number of fused-ring (bicyclic) bond motifs is 1. The third-order valence-electron chi connectivity index (χ3n) is 4.22. The molecule has 0 aliphatic carbocycles. The van der Waals surface area contributed by atoms with Crippen molar-refractivity contribution in [2.45, 2.75) is 32.3 Å². The van der Waals surface area contributed by atoms with Crippen LogP contribution in [0.25, 0.3) is 11.0 Å². The van der Waals surface area contributed by atoms with Crippen LogP contribution in [0.2, 0.25) is 0 Å². The van der Waals surface area contributed by atoms with Gasteiger partial charge in [-0.15, -0.1) is 0 Å². The van der Waals surface area contributed by atoms with Crippen LogP contribution in [-0.2, 0) is 10.2 Å². The average Bonchev–Trinajstić information content (AvgIpc) is 3.00. The van der Waals surface area contributed by atoms with Crippen LogP contribution < -0.4 is 4.74 Å². The molecule has 2 heterocycles. The van der Waals surface area contributed by atoms with Crippen LogP contribution >= 0.6 is 0 Å². The Morgan fingerprint density at radius 1 is 1.25 bits per heavy atom. The number of ether oxygens (including phenoxy) is 1. The summed E-state index contributed by atoms with van der Waals surface area (Å²) in [6.45, 7) is 5.58. The lowest BCUT2D eigenvalue weighted by Crippen LogP contribution is -2.33. The molecule has 0 bridgehead atoms. The van der Waals surface area contributed by atoms with Gasteiger partial charge in [0.1, 0.15) is 16.8 Å². The summed E-state index contributed by atoms with van der Waals surface area (Å²) in [5.41, 5.74) is 0.752. The quantitative estimate of drug-likeness (QED) is 0.749. The molecule has 0 aliphatic heterocycles. The molecule has 5 nitrogen and oxygen atoms in total. The average molecular weight is 324 g/mol. The first-order valence-corrected chi connectivity index (χ1v) is 7.86. The topological polar surface area (TPSA) is 75.2 Å². The van der Waals surface area contributed by atoms with Gasteiger partial charge in [-0.3, -0.25) is 4.79 Å². The minimum absolute atomic E-state index is 0.0221. The maximum absolute atomic E-state index is 12.2. The lowest BCUT2D eigenvalue weighted by Gasteiger charge is -2.26. The van der Waals surface area contributed by atoms with E-state index in [0.717, 1.165) is 0 Å². The van der Waals surface area contributed by atoms with E-state index in [4.69, 9.17) is 4.74 Å². The van der Waals surface area contributed by atoms with Gasteiger partial charge in [0.05, 0.1) is 11.5 Å². The SMILES string of the molecule is CC(C)Oc1ccnc2[nH]cc(C(C)(C(=O)O)c3ccccc3)c12. The highest BCUT2D eigenvalue weighted by atomic mass is 16.5. The molecule has 0 saturated carbocycles. The lowest BCUT2D eigenvalue weighted by atomic mass is 9.76. The van der Waals surface area contributed by atoms with Gasteiger partial charge in [0.25, 0.3) is 0 Å². The number of nitrogens with one attached hydrogen (secondary N) is 1. The van der Waals surface area contributed by atoms with Gasteiger partial charge in [0.2, 0.25) is 0 Å². The summed E-state index contributed by atoms with van der Waals surface area (Å²) in [5.74, 6) is -0.288. The van der Waals surface area contributed by atoms with Crippen LogP contribution in [0.3, 0.4) is 0 Å². The first-order valence-electron chi connectivity index (χ1n) is 7.86. The fourth-order valence-electron chi connectivity index (χ4n) is 2.94. The largest absolute Gasteiger partial charge is 0.490 e. The molecule has 2 N–H and O–H groups in total. The number of hydrogen-bond donors (Lipinski definition) is 2. The normalized spacial score (nSPS) is 13.8. The number of carbonyl (C=O) groups is 1. The first kappa shape index (κ1) is 16.1. The highest BCUT2D eigenvalue weighted by Gasteiger charge is 2.40. The molecule has 24 heavy (non-hydrogen) atoms. The van der Waals surface area contributed by atoms with Crippen LogP contribution in [0.4, 0.5) is 0 Å². The van der Waals surface area contributed by atoms with Crippen molar-refractivity contribution in [2.24, 2.45) is 0 Å². The Hall–Kier alpha value is -2.82. The molecule has 1 unspecified atom stereocenters. The van der Waals surface area contributed by atoms with E-state index in [1.807, 2.05) is 44.2 Å². The van der Waals surface area contributed by atoms with Crippen molar-refractivity contribution in [3.63, 3.8) is 0 Å². The first-order chi connectivity index (χ1) is 11.4. The summed E-state index contributed by atoms with van der Waals surface area (Å²) < 4.78 is 5.88. The molecule has 1 aromatic carbocycles. The van der Waals surface area contributed by atoms with Gasteiger partial charge in [-0.25, -0.2) is 4.98 Å². The number of H-pyrrole nitrogens is 1. The van der Waals surface area contributed by atoms with Crippen LogP contribution in [0.5, 0.6) is 5.75 Å². The molecule has 3 aromatic rings. The Bertz CT molecular complexity index is 871. The number of carboxylic acid groups (broad SMARTS) is 1. The predicted molar refractivity (Wildman–Crippen MR) is 92.4 cm³/mol. The summed E-state index contributed by atoms with van der Waals surface area (Å²) >= 11 is 0. The number of aromatic nitrogens is 2. The van der Waals surface area contributed by atoms with E-state index < -0.39 is 11.4 Å². The number of aromatic amines is 1. The number of benzene rings is 1. The zero-order valence-corrected chi connectivity index (χ0v) is 13.9. The fraction of sp³-hybridized carbons (Fsp3) is 0.263. The van der Waals surface area contributed by atoms with E-state index in [-0.39, 0.29) is 6.10 Å². The Morgan fingerprint density at radius 3 is 2.58 bits per heavy atom. The number of nitrogens with zero attached hydrogens (tertiary/aromatic N) is 1. The molecule has 3 rings (SSSR count). The highest BCUT2D eigenvalue weighted by Crippen LogP contribution is 2.40. The van der Waals surface area contributed by atoms with Gasteiger partial charge >= 0.3 is 5.97 Å². The molecule has 1 atom stereocenters. The Morgan fingerprint density at radius 2 is 1.96 bits per heavy atom. The second kappa shape index (κ2) is 6.00. The van der Waals surface area contributed by atoms with Gasteiger partial charge in [0.15, 0.2) is 0 Å². The van der Waals surface area contributed by atoms with Gasteiger partial charge in [-0.2, -0.15) is 0 Å². The van der Waals surface area contributed by atoms with E-state index in [9.17, 15) is 9.90 Å². The number of hydrogen-bond acceptors (Lipinski definition) is 3. The van der Waals surface area contributed by atoms with Crippen molar-refractivity contribution < 1.29 is 14.6 Å².